The smallest absolute Gasteiger partial charge is 0.417 e. The maximum absolute atomic E-state index is 13.4. The first-order valence-corrected chi connectivity index (χ1v) is 11.8. The number of aromatic nitrogens is 1. The summed E-state index contributed by atoms with van der Waals surface area (Å²) in [6.45, 7) is 6.64. The summed E-state index contributed by atoms with van der Waals surface area (Å²) in [5, 5.41) is 3.87. The van der Waals surface area contributed by atoms with Crippen LogP contribution in [-0.4, -0.2) is 28.4 Å². The minimum absolute atomic E-state index is 0.229. The van der Waals surface area contributed by atoms with Gasteiger partial charge in [0.1, 0.15) is 5.60 Å². The standard InChI is InChI=1S/C27H25ClF3N3O4/c1-15-10-17(8-9-32-15)16-6-5-7-18(11-16)23(35)14-24(36)33-21-12-19(27(29,30)31)20(28)13-22(21)34-25(37)38-26(2,3)4/h5-13H,14H2,1-4H3,(H,33,36)(H,34,37). The van der Waals surface area contributed by atoms with Crippen molar-refractivity contribution in [2.75, 3.05) is 10.6 Å². The maximum Gasteiger partial charge on any atom is 0.417 e. The van der Waals surface area contributed by atoms with Crippen LogP contribution in [0.5, 0.6) is 0 Å². The van der Waals surface area contributed by atoms with Crippen LogP contribution in [0, 0.1) is 6.92 Å². The molecule has 0 spiro atoms. The van der Waals surface area contributed by atoms with Crippen molar-refractivity contribution in [3.8, 4) is 11.1 Å². The van der Waals surface area contributed by atoms with E-state index in [1.807, 2.05) is 13.0 Å². The van der Waals surface area contributed by atoms with Crippen LogP contribution < -0.4 is 10.6 Å². The molecule has 0 aliphatic heterocycles. The number of alkyl halides is 3. The van der Waals surface area contributed by atoms with Crippen LogP contribution in [0.4, 0.5) is 29.3 Å². The molecule has 38 heavy (non-hydrogen) atoms. The Bertz CT molecular complexity index is 1380. The van der Waals surface area contributed by atoms with Crippen molar-refractivity contribution in [1.29, 1.82) is 0 Å². The Labute approximate surface area is 222 Å². The molecule has 0 saturated carbocycles. The fourth-order valence-electron chi connectivity index (χ4n) is 3.45. The molecule has 0 unspecified atom stereocenters. The average Bonchev–Trinajstić information content (AvgIpc) is 2.78. The number of halogens is 4. The van der Waals surface area contributed by atoms with Crippen molar-refractivity contribution in [3.05, 3.63) is 76.6 Å². The lowest BCUT2D eigenvalue weighted by molar-refractivity contribution is -0.137. The van der Waals surface area contributed by atoms with E-state index >= 15 is 0 Å². The second-order valence-electron chi connectivity index (χ2n) is 9.42. The number of ketones is 1. The number of nitrogens with zero attached hydrogens (tertiary/aromatic N) is 1. The van der Waals surface area contributed by atoms with E-state index in [-0.39, 0.29) is 11.3 Å². The van der Waals surface area contributed by atoms with Crippen molar-refractivity contribution in [2.24, 2.45) is 0 Å². The Morgan fingerprint density at radius 3 is 2.24 bits per heavy atom. The van der Waals surface area contributed by atoms with Gasteiger partial charge in [-0.1, -0.05) is 29.8 Å². The molecule has 0 radical (unpaired) electrons. The fraction of sp³-hybridized carbons (Fsp3) is 0.259. The predicted octanol–water partition coefficient (Wildman–Crippen LogP) is 7.29. The second kappa shape index (κ2) is 11.2. The molecule has 2 aromatic carbocycles. The molecule has 2 amide bonds. The number of anilines is 2. The zero-order valence-electron chi connectivity index (χ0n) is 21.0. The molecule has 0 aliphatic rings. The lowest BCUT2D eigenvalue weighted by Crippen LogP contribution is -2.28. The highest BCUT2D eigenvalue weighted by Crippen LogP contribution is 2.39. The van der Waals surface area contributed by atoms with Gasteiger partial charge in [-0.2, -0.15) is 13.2 Å². The predicted molar refractivity (Wildman–Crippen MR) is 138 cm³/mol. The van der Waals surface area contributed by atoms with E-state index in [0.717, 1.165) is 22.9 Å². The molecule has 0 fully saturated rings. The van der Waals surface area contributed by atoms with Crippen LogP contribution in [-0.2, 0) is 15.7 Å². The highest BCUT2D eigenvalue weighted by molar-refractivity contribution is 6.32. The average molecular weight is 548 g/mol. The first-order valence-electron chi connectivity index (χ1n) is 11.4. The highest BCUT2D eigenvalue weighted by Gasteiger charge is 2.34. The third-order valence-electron chi connectivity index (χ3n) is 5.06. The molecular formula is C27H25ClF3N3O4. The van der Waals surface area contributed by atoms with E-state index in [0.29, 0.717) is 6.07 Å². The molecule has 0 bridgehead atoms. The van der Waals surface area contributed by atoms with Gasteiger partial charge in [0.05, 0.1) is 28.4 Å². The van der Waals surface area contributed by atoms with Crippen molar-refractivity contribution in [1.82, 2.24) is 4.98 Å². The summed E-state index contributed by atoms with van der Waals surface area (Å²) in [5.41, 5.74) is -0.148. The first-order chi connectivity index (χ1) is 17.6. The molecule has 2 N–H and O–H groups in total. The second-order valence-corrected chi connectivity index (χ2v) is 9.82. The van der Waals surface area contributed by atoms with Gasteiger partial charge < -0.3 is 10.1 Å². The van der Waals surface area contributed by atoms with Crippen LogP contribution in [0.2, 0.25) is 5.02 Å². The zero-order valence-corrected chi connectivity index (χ0v) is 21.8. The zero-order chi connectivity index (χ0) is 28.3. The van der Waals surface area contributed by atoms with E-state index in [4.69, 9.17) is 16.3 Å². The molecule has 1 heterocycles. The van der Waals surface area contributed by atoms with Gasteiger partial charge >= 0.3 is 12.3 Å². The number of pyridine rings is 1. The SMILES string of the molecule is Cc1cc(-c2cccc(C(=O)CC(=O)Nc3cc(C(F)(F)F)c(Cl)cc3NC(=O)OC(C)(C)C)c2)ccn1. The Morgan fingerprint density at radius 2 is 1.61 bits per heavy atom. The van der Waals surface area contributed by atoms with Gasteiger partial charge in [-0.05, 0) is 69.2 Å². The van der Waals surface area contributed by atoms with Crippen LogP contribution >= 0.6 is 11.6 Å². The summed E-state index contributed by atoms with van der Waals surface area (Å²) in [7, 11) is 0. The van der Waals surface area contributed by atoms with E-state index < -0.39 is 52.3 Å². The quantitative estimate of drug-likeness (QED) is 0.249. The van der Waals surface area contributed by atoms with Gasteiger partial charge in [0.2, 0.25) is 5.91 Å². The van der Waals surface area contributed by atoms with Crippen molar-refractivity contribution < 1.29 is 32.3 Å². The third-order valence-corrected chi connectivity index (χ3v) is 5.37. The number of nitrogens with one attached hydrogen (secondary N) is 2. The molecule has 1 aromatic heterocycles. The van der Waals surface area contributed by atoms with Gasteiger partial charge in [-0.15, -0.1) is 0 Å². The van der Waals surface area contributed by atoms with Crippen molar-refractivity contribution >= 4 is 40.8 Å². The number of carbonyl (C=O) groups excluding carboxylic acids is 3. The number of carbonyl (C=O) groups is 3. The molecule has 11 heteroatoms. The minimum Gasteiger partial charge on any atom is -0.444 e. The molecule has 3 rings (SSSR count). The van der Waals surface area contributed by atoms with E-state index in [2.05, 4.69) is 15.6 Å². The molecule has 0 saturated heterocycles. The van der Waals surface area contributed by atoms with Gasteiger partial charge in [0.25, 0.3) is 0 Å². The Balaban J connectivity index is 1.83. The van der Waals surface area contributed by atoms with E-state index in [9.17, 15) is 27.6 Å². The summed E-state index contributed by atoms with van der Waals surface area (Å²) < 4.78 is 45.5. The lowest BCUT2D eigenvalue weighted by Gasteiger charge is -2.21. The fourth-order valence-corrected chi connectivity index (χ4v) is 3.72. The summed E-state index contributed by atoms with van der Waals surface area (Å²) in [5.74, 6) is -1.44. The normalized spacial score (nSPS) is 11.6. The van der Waals surface area contributed by atoms with Crippen molar-refractivity contribution in [3.63, 3.8) is 0 Å². The first kappa shape index (κ1) is 28.6. The number of Topliss-reactive ketones (excluding diaryl/α,β-unsaturated/α-hetero) is 1. The van der Waals surface area contributed by atoms with Gasteiger partial charge in [-0.25, -0.2) is 4.79 Å². The lowest BCUT2D eigenvalue weighted by atomic mass is 10.0. The summed E-state index contributed by atoms with van der Waals surface area (Å²) in [6.07, 6.45) is -4.82. The largest absolute Gasteiger partial charge is 0.444 e. The third kappa shape index (κ3) is 7.79. The Hall–Kier alpha value is -3.92. The monoisotopic (exact) mass is 547 g/mol. The number of rotatable bonds is 6. The number of hydrogen-bond acceptors (Lipinski definition) is 5. The van der Waals surface area contributed by atoms with Crippen LogP contribution in [0.25, 0.3) is 11.1 Å². The highest BCUT2D eigenvalue weighted by atomic mass is 35.5. The Kier molecular flexibility index (Phi) is 8.46. The number of benzene rings is 2. The molecule has 7 nitrogen and oxygen atoms in total. The minimum atomic E-state index is -4.83. The molecular weight excluding hydrogens is 523 g/mol. The maximum atomic E-state index is 13.4. The number of hydrogen-bond donors (Lipinski definition) is 2. The number of amides is 2. The summed E-state index contributed by atoms with van der Waals surface area (Å²) in [4.78, 5) is 41.9. The molecule has 0 atom stereocenters. The topological polar surface area (TPSA) is 97.4 Å². The number of aryl methyl sites for hydroxylation is 1. The molecule has 0 aliphatic carbocycles. The van der Waals surface area contributed by atoms with Gasteiger partial charge in [0.15, 0.2) is 5.78 Å². The van der Waals surface area contributed by atoms with Crippen LogP contribution in [0.3, 0.4) is 0 Å². The number of ether oxygens (including phenoxy) is 1. The Morgan fingerprint density at radius 1 is 0.947 bits per heavy atom. The summed E-state index contributed by atoms with van der Waals surface area (Å²) >= 11 is 5.80. The van der Waals surface area contributed by atoms with E-state index in [1.54, 1.807) is 51.2 Å². The molecule has 200 valence electrons. The van der Waals surface area contributed by atoms with Gasteiger partial charge in [-0.3, -0.25) is 19.9 Å². The van der Waals surface area contributed by atoms with Crippen LogP contribution in [0.15, 0.2) is 54.7 Å². The van der Waals surface area contributed by atoms with E-state index in [1.165, 1.54) is 6.07 Å². The van der Waals surface area contributed by atoms with Gasteiger partial charge in [0, 0.05) is 17.5 Å². The molecule has 3 aromatic rings. The van der Waals surface area contributed by atoms with Crippen LogP contribution in [0.1, 0.15) is 48.8 Å². The summed E-state index contributed by atoms with van der Waals surface area (Å²) in [6, 6.07) is 11.7. The van der Waals surface area contributed by atoms with Crippen molar-refractivity contribution in [2.45, 2.75) is 45.9 Å².